The number of rotatable bonds is 5. The minimum Gasteiger partial charge on any atom is -0.391 e. The molecule has 1 unspecified atom stereocenters. The second-order valence-corrected chi connectivity index (χ2v) is 6.87. The number of aromatic nitrogens is 5. The summed E-state index contributed by atoms with van der Waals surface area (Å²) in [7, 11) is 0. The van der Waals surface area contributed by atoms with E-state index in [-0.39, 0.29) is 12.1 Å². The zero-order valence-electron chi connectivity index (χ0n) is 14.7. The van der Waals surface area contributed by atoms with Crippen molar-refractivity contribution in [3.63, 3.8) is 0 Å². The van der Waals surface area contributed by atoms with Gasteiger partial charge >= 0.3 is 0 Å². The van der Waals surface area contributed by atoms with Crippen LogP contribution in [0.25, 0.3) is 11.4 Å². The molecule has 134 valence electrons. The zero-order chi connectivity index (χ0) is 17.9. The van der Waals surface area contributed by atoms with Gasteiger partial charge in [0.15, 0.2) is 5.82 Å². The normalized spacial score (nSPS) is 22.5. The minimum atomic E-state index is -0.388. The summed E-state index contributed by atoms with van der Waals surface area (Å²) in [5, 5.41) is 13.9. The van der Waals surface area contributed by atoms with Gasteiger partial charge in [-0.2, -0.15) is 0 Å². The first-order valence-corrected chi connectivity index (χ1v) is 8.84. The molecular formula is C19H22N6O. The first kappa shape index (κ1) is 16.7. The van der Waals surface area contributed by atoms with Crippen molar-refractivity contribution in [3.05, 3.63) is 55.0 Å². The standard InChI is InChI=1S/C19H22N6O/c1-13-7-18(24-19(22-13)15-3-2-4-20-10-15)23-16-8-14(9-17(16)26)11-25-6-5-21-12-25/h2-7,10,12,14,16-17,26H,8-9,11H2,1H3,(H,22,23,24)/t14?,16-,17-/m1/s1. The number of aryl methyl sites for hydroxylation is 1. The van der Waals surface area contributed by atoms with Crippen molar-refractivity contribution >= 4 is 5.82 Å². The smallest absolute Gasteiger partial charge is 0.163 e. The van der Waals surface area contributed by atoms with Crippen LogP contribution < -0.4 is 5.32 Å². The summed E-state index contributed by atoms with van der Waals surface area (Å²) in [4.78, 5) is 17.3. The van der Waals surface area contributed by atoms with Crippen LogP contribution in [0.15, 0.2) is 49.3 Å². The van der Waals surface area contributed by atoms with Gasteiger partial charge in [-0.05, 0) is 37.8 Å². The SMILES string of the molecule is Cc1cc(N[C@@H]2CC(Cn3ccnc3)C[C@H]2O)nc(-c2cccnc2)n1. The molecule has 0 aromatic carbocycles. The number of hydrogen-bond acceptors (Lipinski definition) is 6. The maximum absolute atomic E-state index is 10.5. The highest BCUT2D eigenvalue weighted by Crippen LogP contribution is 2.30. The Morgan fingerprint density at radius 3 is 2.92 bits per heavy atom. The molecule has 0 saturated heterocycles. The lowest BCUT2D eigenvalue weighted by Gasteiger charge is -2.18. The Hall–Kier alpha value is -2.80. The highest BCUT2D eigenvalue weighted by atomic mass is 16.3. The van der Waals surface area contributed by atoms with Gasteiger partial charge in [-0.3, -0.25) is 4.98 Å². The third-order valence-corrected chi connectivity index (χ3v) is 4.76. The second-order valence-electron chi connectivity index (χ2n) is 6.87. The maximum atomic E-state index is 10.5. The average molecular weight is 350 g/mol. The van der Waals surface area contributed by atoms with Crippen molar-refractivity contribution in [1.82, 2.24) is 24.5 Å². The molecule has 7 nitrogen and oxygen atoms in total. The summed E-state index contributed by atoms with van der Waals surface area (Å²) in [6, 6.07) is 5.71. The van der Waals surface area contributed by atoms with Crippen molar-refractivity contribution in [1.29, 1.82) is 0 Å². The highest BCUT2D eigenvalue weighted by molar-refractivity contribution is 5.56. The van der Waals surface area contributed by atoms with E-state index in [1.807, 2.05) is 37.6 Å². The van der Waals surface area contributed by atoms with Crippen molar-refractivity contribution in [3.8, 4) is 11.4 Å². The lowest BCUT2D eigenvalue weighted by Crippen LogP contribution is -2.28. The molecule has 26 heavy (non-hydrogen) atoms. The number of aliphatic hydroxyl groups is 1. The monoisotopic (exact) mass is 350 g/mol. The Morgan fingerprint density at radius 2 is 2.15 bits per heavy atom. The van der Waals surface area contributed by atoms with E-state index < -0.39 is 0 Å². The van der Waals surface area contributed by atoms with E-state index >= 15 is 0 Å². The number of anilines is 1. The molecule has 1 fully saturated rings. The molecule has 1 aliphatic carbocycles. The number of hydrogen-bond donors (Lipinski definition) is 2. The molecule has 0 bridgehead atoms. The fourth-order valence-corrected chi connectivity index (χ4v) is 3.57. The Morgan fingerprint density at radius 1 is 1.23 bits per heavy atom. The summed E-state index contributed by atoms with van der Waals surface area (Å²) in [5.74, 6) is 1.80. The van der Waals surface area contributed by atoms with Crippen LogP contribution >= 0.6 is 0 Å². The number of nitrogens with zero attached hydrogens (tertiary/aromatic N) is 5. The largest absolute Gasteiger partial charge is 0.391 e. The molecule has 4 rings (SSSR count). The van der Waals surface area contributed by atoms with Gasteiger partial charge in [-0.1, -0.05) is 0 Å². The molecule has 3 aromatic heterocycles. The lowest BCUT2D eigenvalue weighted by molar-refractivity contribution is 0.166. The van der Waals surface area contributed by atoms with Crippen LogP contribution in [-0.2, 0) is 6.54 Å². The van der Waals surface area contributed by atoms with E-state index in [2.05, 4.69) is 29.8 Å². The predicted molar refractivity (Wildman–Crippen MR) is 98.4 cm³/mol. The van der Waals surface area contributed by atoms with Crippen LogP contribution in [0, 0.1) is 12.8 Å². The molecular weight excluding hydrogens is 328 g/mol. The van der Waals surface area contributed by atoms with E-state index in [0.717, 1.165) is 36.5 Å². The highest BCUT2D eigenvalue weighted by Gasteiger charge is 2.33. The Labute approximate surface area is 152 Å². The van der Waals surface area contributed by atoms with Crippen molar-refractivity contribution in [2.24, 2.45) is 5.92 Å². The zero-order valence-corrected chi connectivity index (χ0v) is 14.7. The van der Waals surface area contributed by atoms with Crippen LogP contribution in [0.5, 0.6) is 0 Å². The van der Waals surface area contributed by atoms with Crippen molar-refractivity contribution in [2.75, 3.05) is 5.32 Å². The minimum absolute atomic E-state index is 0.0143. The van der Waals surface area contributed by atoms with Gasteiger partial charge < -0.3 is 15.0 Å². The van der Waals surface area contributed by atoms with Crippen LogP contribution in [0.4, 0.5) is 5.82 Å². The molecule has 0 radical (unpaired) electrons. The third kappa shape index (κ3) is 3.72. The molecule has 1 aliphatic rings. The Kier molecular flexibility index (Phi) is 4.62. The van der Waals surface area contributed by atoms with E-state index in [0.29, 0.717) is 11.7 Å². The number of pyridine rings is 1. The fourth-order valence-electron chi connectivity index (χ4n) is 3.57. The second kappa shape index (κ2) is 7.21. The van der Waals surface area contributed by atoms with Crippen molar-refractivity contribution < 1.29 is 5.11 Å². The first-order chi connectivity index (χ1) is 12.7. The summed E-state index contributed by atoms with van der Waals surface area (Å²) in [6.45, 7) is 2.82. The molecule has 0 amide bonds. The lowest BCUT2D eigenvalue weighted by atomic mass is 10.1. The van der Waals surface area contributed by atoms with E-state index in [9.17, 15) is 5.11 Å². The van der Waals surface area contributed by atoms with Crippen LogP contribution in [-0.4, -0.2) is 41.8 Å². The van der Waals surface area contributed by atoms with Gasteiger partial charge in [0.2, 0.25) is 0 Å². The van der Waals surface area contributed by atoms with Gasteiger partial charge in [-0.25, -0.2) is 15.0 Å². The fraction of sp³-hybridized carbons (Fsp3) is 0.368. The van der Waals surface area contributed by atoms with E-state index in [1.54, 1.807) is 18.6 Å². The summed E-state index contributed by atoms with van der Waals surface area (Å²) < 4.78 is 2.06. The quantitative estimate of drug-likeness (QED) is 0.734. The molecule has 2 N–H and O–H groups in total. The summed E-state index contributed by atoms with van der Waals surface area (Å²) in [6.07, 6.45) is 10.3. The molecule has 3 heterocycles. The Balaban J connectivity index is 1.47. The van der Waals surface area contributed by atoms with Crippen LogP contribution in [0.2, 0.25) is 0 Å². The molecule has 1 saturated carbocycles. The third-order valence-electron chi connectivity index (χ3n) is 4.76. The maximum Gasteiger partial charge on any atom is 0.163 e. The van der Waals surface area contributed by atoms with Gasteiger partial charge in [0.25, 0.3) is 0 Å². The van der Waals surface area contributed by atoms with Crippen LogP contribution in [0.3, 0.4) is 0 Å². The molecule has 0 aliphatic heterocycles. The molecule has 3 aromatic rings. The summed E-state index contributed by atoms with van der Waals surface area (Å²) in [5.41, 5.74) is 1.76. The van der Waals surface area contributed by atoms with Gasteiger partial charge in [0.05, 0.1) is 18.5 Å². The topological polar surface area (TPSA) is 88.8 Å². The molecule has 7 heteroatoms. The number of nitrogens with one attached hydrogen (secondary N) is 1. The van der Waals surface area contributed by atoms with Crippen LogP contribution in [0.1, 0.15) is 18.5 Å². The van der Waals surface area contributed by atoms with Crippen molar-refractivity contribution in [2.45, 2.75) is 38.5 Å². The van der Waals surface area contributed by atoms with Gasteiger partial charge in [0.1, 0.15) is 5.82 Å². The number of imidazole rings is 1. The predicted octanol–water partition coefficient (Wildman–Crippen LogP) is 2.30. The first-order valence-electron chi connectivity index (χ1n) is 8.84. The van der Waals surface area contributed by atoms with E-state index in [1.165, 1.54) is 0 Å². The number of aliphatic hydroxyl groups excluding tert-OH is 1. The average Bonchev–Trinajstić information content (AvgIpc) is 3.26. The van der Waals surface area contributed by atoms with Gasteiger partial charge in [-0.15, -0.1) is 0 Å². The van der Waals surface area contributed by atoms with E-state index in [4.69, 9.17) is 0 Å². The molecule has 3 atom stereocenters. The summed E-state index contributed by atoms with van der Waals surface area (Å²) >= 11 is 0. The van der Waals surface area contributed by atoms with Gasteiger partial charge in [0, 0.05) is 48.7 Å². The Bertz CT molecular complexity index is 852. The molecule has 0 spiro atoms.